The average Bonchev–Trinajstić information content (AvgIpc) is 2.44. The number of hydrogen-bond acceptors (Lipinski definition) is 6. The molecule has 0 saturated carbocycles. The fourth-order valence-electron chi connectivity index (χ4n) is 1.35. The summed E-state index contributed by atoms with van der Waals surface area (Å²) in [6.45, 7) is 2.17. The van der Waals surface area contributed by atoms with E-state index in [-0.39, 0.29) is 28.0 Å². The van der Waals surface area contributed by atoms with Crippen LogP contribution in [0.2, 0.25) is 0 Å². The van der Waals surface area contributed by atoms with Gasteiger partial charge in [-0.1, -0.05) is 6.92 Å². The van der Waals surface area contributed by atoms with Gasteiger partial charge in [0.1, 0.15) is 11.3 Å². The quantitative estimate of drug-likeness (QED) is 0.766. The summed E-state index contributed by atoms with van der Waals surface area (Å²) in [7, 11) is -2.57. The Labute approximate surface area is 122 Å². The van der Waals surface area contributed by atoms with Crippen LogP contribution in [0, 0.1) is 0 Å². The normalized spacial score (nSPS) is 12.9. The number of aromatic hydroxyl groups is 1. The Morgan fingerprint density at radius 3 is 2.70 bits per heavy atom. The number of esters is 1. The van der Waals surface area contributed by atoms with Crippen LogP contribution in [0.25, 0.3) is 0 Å². The van der Waals surface area contributed by atoms with Crippen molar-refractivity contribution in [1.82, 2.24) is 4.72 Å². The minimum atomic E-state index is -3.73. The SMILES string of the molecule is COC(=O)c1cc(S(=O)(=O)NCC(C)SC)ccc1O. The van der Waals surface area contributed by atoms with Gasteiger partial charge in [-0.3, -0.25) is 0 Å². The molecule has 0 aromatic heterocycles. The summed E-state index contributed by atoms with van der Waals surface area (Å²) in [6, 6.07) is 3.47. The molecule has 6 nitrogen and oxygen atoms in total. The van der Waals surface area contributed by atoms with Gasteiger partial charge in [0.25, 0.3) is 0 Å². The molecule has 0 bridgehead atoms. The number of phenols is 1. The minimum Gasteiger partial charge on any atom is -0.507 e. The van der Waals surface area contributed by atoms with E-state index < -0.39 is 16.0 Å². The van der Waals surface area contributed by atoms with Gasteiger partial charge in [0.15, 0.2) is 0 Å². The molecule has 0 radical (unpaired) electrons. The molecule has 1 unspecified atom stereocenters. The standard InChI is InChI=1S/C12H17NO5S2/c1-8(19-3)7-13-20(16,17)9-4-5-11(14)10(6-9)12(15)18-2/h4-6,8,13-14H,7H2,1-3H3. The first-order valence-corrected chi connectivity index (χ1v) is 8.52. The summed E-state index contributed by atoms with van der Waals surface area (Å²) in [4.78, 5) is 11.3. The summed E-state index contributed by atoms with van der Waals surface area (Å²) in [5.74, 6) is -1.12. The summed E-state index contributed by atoms with van der Waals surface area (Å²) in [5, 5.41) is 9.67. The predicted octanol–water partition coefficient (Wildman–Crippen LogP) is 1.21. The van der Waals surface area contributed by atoms with Gasteiger partial charge in [0.05, 0.1) is 12.0 Å². The van der Waals surface area contributed by atoms with E-state index in [0.717, 1.165) is 19.2 Å². The third-order valence-electron chi connectivity index (χ3n) is 2.65. The van der Waals surface area contributed by atoms with E-state index >= 15 is 0 Å². The first kappa shape index (κ1) is 16.8. The number of ether oxygens (including phenoxy) is 1. The maximum atomic E-state index is 12.1. The van der Waals surface area contributed by atoms with Gasteiger partial charge in [-0.15, -0.1) is 0 Å². The van der Waals surface area contributed by atoms with Gasteiger partial charge in [0.2, 0.25) is 10.0 Å². The van der Waals surface area contributed by atoms with Gasteiger partial charge in [-0.25, -0.2) is 17.9 Å². The van der Waals surface area contributed by atoms with E-state index in [4.69, 9.17) is 0 Å². The highest BCUT2D eigenvalue weighted by Gasteiger charge is 2.19. The molecular formula is C12H17NO5S2. The van der Waals surface area contributed by atoms with Crippen molar-refractivity contribution >= 4 is 27.8 Å². The summed E-state index contributed by atoms with van der Waals surface area (Å²) in [5.41, 5.74) is -0.187. The zero-order valence-corrected chi connectivity index (χ0v) is 13.0. The topological polar surface area (TPSA) is 92.7 Å². The van der Waals surface area contributed by atoms with Crippen LogP contribution in [0.4, 0.5) is 0 Å². The third-order valence-corrected chi connectivity index (χ3v) is 5.04. The fraction of sp³-hybridized carbons (Fsp3) is 0.417. The Bertz CT molecular complexity index is 586. The molecule has 0 fully saturated rings. The molecule has 1 aromatic carbocycles. The first-order chi connectivity index (χ1) is 9.31. The predicted molar refractivity (Wildman–Crippen MR) is 77.6 cm³/mol. The minimum absolute atomic E-state index is 0.0935. The number of sulfonamides is 1. The molecule has 0 heterocycles. The van der Waals surface area contributed by atoms with Gasteiger partial charge in [-0.2, -0.15) is 11.8 Å². The molecule has 1 rings (SSSR count). The molecule has 0 spiro atoms. The van der Waals surface area contributed by atoms with E-state index in [9.17, 15) is 18.3 Å². The number of phenolic OH excluding ortho intramolecular Hbond substituents is 1. The van der Waals surface area contributed by atoms with E-state index in [1.165, 1.54) is 17.8 Å². The van der Waals surface area contributed by atoms with E-state index in [2.05, 4.69) is 9.46 Å². The van der Waals surface area contributed by atoms with Crippen LogP contribution in [0.5, 0.6) is 5.75 Å². The summed E-state index contributed by atoms with van der Waals surface area (Å²) < 4.78 is 31.1. The monoisotopic (exact) mass is 319 g/mol. The molecule has 0 aliphatic heterocycles. The second kappa shape index (κ2) is 6.96. The maximum Gasteiger partial charge on any atom is 0.341 e. The van der Waals surface area contributed by atoms with Gasteiger partial charge in [0, 0.05) is 11.8 Å². The molecular weight excluding hydrogens is 302 g/mol. The lowest BCUT2D eigenvalue weighted by atomic mass is 10.2. The highest BCUT2D eigenvalue weighted by atomic mass is 32.2. The lowest BCUT2D eigenvalue weighted by Crippen LogP contribution is -2.29. The number of hydrogen-bond donors (Lipinski definition) is 2. The van der Waals surface area contributed by atoms with Gasteiger partial charge < -0.3 is 9.84 Å². The van der Waals surface area contributed by atoms with E-state index in [1.807, 2.05) is 13.2 Å². The number of benzene rings is 1. The molecule has 0 aliphatic rings. The van der Waals surface area contributed by atoms with Crippen LogP contribution >= 0.6 is 11.8 Å². The molecule has 0 amide bonds. The molecule has 2 N–H and O–H groups in total. The maximum absolute atomic E-state index is 12.1. The zero-order valence-electron chi connectivity index (χ0n) is 11.4. The summed E-state index contributed by atoms with van der Waals surface area (Å²) >= 11 is 1.53. The van der Waals surface area contributed by atoms with Crippen molar-refractivity contribution in [3.8, 4) is 5.75 Å². The van der Waals surface area contributed by atoms with Crippen LogP contribution in [0.1, 0.15) is 17.3 Å². The second-order valence-corrected chi connectivity index (χ2v) is 7.11. The van der Waals surface area contributed by atoms with Crippen molar-refractivity contribution < 1.29 is 23.1 Å². The second-order valence-electron chi connectivity index (χ2n) is 4.07. The van der Waals surface area contributed by atoms with E-state index in [1.54, 1.807) is 0 Å². The van der Waals surface area contributed by atoms with Crippen LogP contribution in [0.15, 0.2) is 23.1 Å². The van der Waals surface area contributed by atoms with Crippen molar-refractivity contribution in [3.05, 3.63) is 23.8 Å². The van der Waals surface area contributed by atoms with Crippen molar-refractivity contribution in [2.45, 2.75) is 17.1 Å². The average molecular weight is 319 g/mol. The van der Waals surface area contributed by atoms with Crippen LogP contribution in [0.3, 0.4) is 0 Å². The van der Waals surface area contributed by atoms with Gasteiger partial charge in [-0.05, 0) is 24.5 Å². The molecule has 112 valence electrons. The smallest absolute Gasteiger partial charge is 0.341 e. The Kier molecular flexibility index (Phi) is 5.85. The number of carbonyl (C=O) groups is 1. The van der Waals surface area contributed by atoms with Crippen molar-refractivity contribution in [1.29, 1.82) is 0 Å². The lowest BCUT2D eigenvalue weighted by molar-refractivity contribution is 0.0597. The number of nitrogens with one attached hydrogen (secondary N) is 1. The van der Waals surface area contributed by atoms with Crippen LogP contribution in [-0.2, 0) is 14.8 Å². The lowest BCUT2D eigenvalue weighted by Gasteiger charge is -2.11. The van der Waals surface area contributed by atoms with Crippen molar-refractivity contribution in [3.63, 3.8) is 0 Å². The Morgan fingerprint density at radius 2 is 2.15 bits per heavy atom. The first-order valence-electron chi connectivity index (χ1n) is 5.75. The molecule has 0 aliphatic carbocycles. The molecule has 20 heavy (non-hydrogen) atoms. The van der Waals surface area contributed by atoms with Crippen LogP contribution < -0.4 is 4.72 Å². The van der Waals surface area contributed by atoms with Crippen LogP contribution in [-0.4, -0.2) is 44.7 Å². The van der Waals surface area contributed by atoms with Crippen molar-refractivity contribution in [2.24, 2.45) is 0 Å². The summed E-state index contributed by atoms with van der Waals surface area (Å²) in [6.07, 6.45) is 1.88. The largest absolute Gasteiger partial charge is 0.507 e. The Morgan fingerprint density at radius 1 is 1.50 bits per heavy atom. The number of thioether (sulfide) groups is 1. The molecule has 8 heteroatoms. The number of rotatable bonds is 6. The molecule has 1 atom stereocenters. The zero-order chi connectivity index (χ0) is 15.3. The molecule has 0 saturated heterocycles. The Hall–Kier alpha value is -1.25. The third kappa shape index (κ3) is 4.12. The van der Waals surface area contributed by atoms with Gasteiger partial charge >= 0.3 is 5.97 Å². The van der Waals surface area contributed by atoms with Crippen molar-refractivity contribution in [2.75, 3.05) is 19.9 Å². The highest BCUT2D eigenvalue weighted by Crippen LogP contribution is 2.22. The Balaban J connectivity index is 3.04. The number of methoxy groups -OCH3 is 1. The van der Waals surface area contributed by atoms with E-state index in [0.29, 0.717) is 0 Å². The number of carbonyl (C=O) groups excluding carboxylic acids is 1. The highest BCUT2D eigenvalue weighted by molar-refractivity contribution is 7.99. The molecule has 1 aromatic rings. The fourth-order valence-corrected chi connectivity index (χ4v) is 2.86.